The molecular formula is C27H35N3O2S. The van der Waals surface area contributed by atoms with Crippen molar-refractivity contribution >= 4 is 33.2 Å². The van der Waals surface area contributed by atoms with Gasteiger partial charge in [-0.05, 0) is 84.4 Å². The number of carbonyl (C=O) groups excluding carboxylic acids is 1. The molecular weight excluding hydrogens is 430 g/mol. The quantitative estimate of drug-likeness (QED) is 0.438. The van der Waals surface area contributed by atoms with E-state index >= 15 is 0 Å². The molecule has 0 spiro atoms. The van der Waals surface area contributed by atoms with E-state index in [-0.39, 0.29) is 5.78 Å². The number of hydrogen-bond acceptors (Lipinski definition) is 6. The van der Waals surface area contributed by atoms with Gasteiger partial charge in [0.15, 0.2) is 5.78 Å². The predicted octanol–water partition coefficient (Wildman–Crippen LogP) is 6.37. The predicted molar refractivity (Wildman–Crippen MR) is 138 cm³/mol. The molecule has 0 aromatic carbocycles. The number of fused-ring (bicyclic) bond motifs is 3. The Morgan fingerprint density at radius 1 is 1.18 bits per heavy atom. The Kier molecular flexibility index (Phi) is 6.36. The third kappa shape index (κ3) is 4.56. The van der Waals surface area contributed by atoms with Gasteiger partial charge in [0.1, 0.15) is 16.8 Å². The molecule has 0 aliphatic heterocycles. The molecule has 0 saturated heterocycles. The first kappa shape index (κ1) is 23.8. The standard InChI is InChI=1S/C27H35N3O2S/c1-15-13-18(14-28-25(15)30(7)8)22-21(24(17(3)31)32-27(4,5)6)16(2)29-26-23(22)19-11-9-10-12-20(19)33-26/h13-14,24H,9-12H2,1-8H3/t24-/m1/s1. The average Bonchev–Trinajstić information content (AvgIpc) is 3.07. The van der Waals surface area contributed by atoms with Crippen LogP contribution in [0.25, 0.3) is 21.3 Å². The van der Waals surface area contributed by atoms with Crippen molar-refractivity contribution in [3.05, 3.63) is 39.5 Å². The zero-order valence-electron chi connectivity index (χ0n) is 21.1. The fourth-order valence-electron chi connectivity index (χ4n) is 4.91. The molecule has 1 aliphatic rings. The van der Waals surface area contributed by atoms with Crippen molar-refractivity contribution in [1.82, 2.24) is 9.97 Å². The second-order valence-corrected chi connectivity index (χ2v) is 11.4. The number of nitrogens with zero attached hydrogens (tertiary/aromatic N) is 3. The smallest absolute Gasteiger partial charge is 0.163 e. The minimum absolute atomic E-state index is 0.00545. The number of rotatable bonds is 5. The highest BCUT2D eigenvalue weighted by Gasteiger charge is 2.32. The first-order valence-electron chi connectivity index (χ1n) is 11.7. The molecule has 0 saturated carbocycles. The van der Waals surface area contributed by atoms with E-state index in [1.54, 1.807) is 6.92 Å². The summed E-state index contributed by atoms with van der Waals surface area (Å²) in [5, 5.41) is 1.19. The molecule has 3 heterocycles. The van der Waals surface area contributed by atoms with Crippen LogP contribution in [0.15, 0.2) is 12.3 Å². The lowest BCUT2D eigenvalue weighted by Crippen LogP contribution is -2.27. The number of ether oxygens (including phenoxy) is 1. The summed E-state index contributed by atoms with van der Waals surface area (Å²) in [6, 6.07) is 2.20. The number of Topliss-reactive ketones (excluding diaryl/α,β-unsaturated/α-hetero) is 1. The normalized spacial score (nSPS) is 14.9. The summed E-state index contributed by atoms with van der Waals surface area (Å²) in [5.74, 6) is 0.942. The lowest BCUT2D eigenvalue weighted by atomic mass is 9.87. The van der Waals surface area contributed by atoms with Gasteiger partial charge in [-0.15, -0.1) is 11.3 Å². The molecule has 0 amide bonds. The Morgan fingerprint density at radius 2 is 1.88 bits per heavy atom. The van der Waals surface area contributed by atoms with Gasteiger partial charge in [-0.25, -0.2) is 9.97 Å². The van der Waals surface area contributed by atoms with Gasteiger partial charge in [0, 0.05) is 52.9 Å². The van der Waals surface area contributed by atoms with E-state index in [4.69, 9.17) is 14.7 Å². The number of pyridine rings is 2. The molecule has 6 heteroatoms. The van der Waals surface area contributed by atoms with Gasteiger partial charge in [-0.3, -0.25) is 4.79 Å². The van der Waals surface area contributed by atoms with Crippen LogP contribution in [0.2, 0.25) is 0 Å². The summed E-state index contributed by atoms with van der Waals surface area (Å²) >= 11 is 1.81. The van der Waals surface area contributed by atoms with Gasteiger partial charge in [0.05, 0.1) is 5.60 Å². The van der Waals surface area contributed by atoms with Crippen LogP contribution in [0.4, 0.5) is 5.82 Å². The number of hydrogen-bond donors (Lipinski definition) is 0. The number of aryl methyl sites for hydroxylation is 4. The Hall–Kier alpha value is -2.31. The monoisotopic (exact) mass is 465 g/mol. The van der Waals surface area contributed by atoms with Crippen LogP contribution in [-0.2, 0) is 22.4 Å². The Balaban J connectivity index is 2.08. The molecule has 33 heavy (non-hydrogen) atoms. The van der Waals surface area contributed by atoms with Gasteiger partial charge in [-0.2, -0.15) is 0 Å². The van der Waals surface area contributed by atoms with Crippen LogP contribution in [-0.4, -0.2) is 35.4 Å². The Morgan fingerprint density at radius 3 is 2.48 bits per heavy atom. The molecule has 3 aromatic heterocycles. The minimum atomic E-state index is -0.676. The van der Waals surface area contributed by atoms with E-state index in [1.165, 1.54) is 28.7 Å². The van der Waals surface area contributed by atoms with Gasteiger partial charge >= 0.3 is 0 Å². The Labute approximate surface area is 201 Å². The Bertz CT molecular complexity index is 1220. The third-order valence-corrected chi connectivity index (χ3v) is 7.38. The van der Waals surface area contributed by atoms with Gasteiger partial charge in [0.2, 0.25) is 0 Å². The van der Waals surface area contributed by atoms with E-state index in [1.807, 2.05) is 64.2 Å². The third-order valence-electron chi connectivity index (χ3n) is 6.20. The van der Waals surface area contributed by atoms with Gasteiger partial charge < -0.3 is 9.64 Å². The summed E-state index contributed by atoms with van der Waals surface area (Å²) in [6.07, 6.45) is 5.84. The van der Waals surface area contributed by atoms with E-state index < -0.39 is 11.7 Å². The topological polar surface area (TPSA) is 55.3 Å². The van der Waals surface area contributed by atoms with Crippen LogP contribution in [0.3, 0.4) is 0 Å². The largest absolute Gasteiger partial charge is 0.363 e. The van der Waals surface area contributed by atoms with E-state index in [2.05, 4.69) is 13.0 Å². The fraction of sp³-hybridized carbons (Fsp3) is 0.519. The molecule has 176 valence electrons. The summed E-state index contributed by atoms with van der Waals surface area (Å²) in [6.45, 7) is 11.7. The molecule has 0 unspecified atom stereocenters. The molecule has 1 aliphatic carbocycles. The van der Waals surface area contributed by atoms with Crippen molar-refractivity contribution in [1.29, 1.82) is 0 Å². The average molecular weight is 466 g/mol. The molecule has 0 N–H and O–H groups in total. The zero-order chi connectivity index (χ0) is 24.1. The highest BCUT2D eigenvalue weighted by molar-refractivity contribution is 7.19. The number of carbonyl (C=O) groups is 1. The number of anilines is 1. The maximum absolute atomic E-state index is 13.0. The maximum Gasteiger partial charge on any atom is 0.163 e. The van der Waals surface area contributed by atoms with Crippen LogP contribution in [0.5, 0.6) is 0 Å². The van der Waals surface area contributed by atoms with Crippen molar-refractivity contribution in [3.63, 3.8) is 0 Å². The first-order valence-corrected chi connectivity index (χ1v) is 12.6. The van der Waals surface area contributed by atoms with E-state index in [0.29, 0.717) is 0 Å². The van der Waals surface area contributed by atoms with E-state index in [9.17, 15) is 4.79 Å². The number of ketones is 1. The second-order valence-electron chi connectivity index (χ2n) is 10.4. The summed E-state index contributed by atoms with van der Waals surface area (Å²) in [5.41, 5.74) is 5.88. The zero-order valence-corrected chi connectivity index (χ0v) is 21.9. The van der Waals surface area contributed by atoms with Crippen LogP contribution < -0.4 is 4.90 Å². The first-order chi connectivity index (χ1) is 15.5. The van der Waals surface area contributed by atoms with Crippen molar-refractivity contribution in [3.8, 4) is 11.1 Å². The molecule has 0 bridgehead atoms. The van der Waals surface area contributed by atoms with Crippen LogP contribution in [0, 0.1) is 13.8 Å². The SMILES string of the molecule is CC(=O)[C@@H](OC(C)(C)C)c1c(C)nc2sc3c(c2c1-c1cnc(N(C)C)c(C)c1)CCCC3. The molecule has 0 radical (unpaired) electrons. The van der Waals surface area contributed by atoms with Crippen LogP contribution >= 0.6 is 11.3 Å². The fourth-order valence-corrected chi connectivity index (χ4v) is 6.23. The summed E-state index contributed by atoms with van der Waals surface area (Å²) in [4.78, 5) is 27.3. The minimum Gasteiger partial charge on any atom is -0.363 e. The summed E-state index contributed by atoms with van der Waals surface area (Å²) in [7, 11) is 4.01. The highest BCUT2D eigenvalue weighted by Crippen LogP contribution is 2.46. The lowest BCUT2D eigenvalue weighted by molar-refractivity contribution is -0.138. The van der Waals surface area contributed by atoms with Crippen molar-refractivity contribution in [2.75, 3.05) is 19.0 Å². The van der Waals surface area contributed by atoms with Crippen molar-refractivity contribution in [2.45, 2.75) is 78.9 Å². The van der Waals surface area contributed by atoms with E-state index in [0.717, 1.165) is 51.4 Å². The van der Waals surface area contributed by atoms with Crippen molar-refractivity contribution < 1.29 is 9.53 Å². The lowest BCUT2D eigenvalue weighted by Gasteiger charge is -2.29. The number of aromatic nitrogens is 2. The highest BCUT2D eigenvalue weighted by atomic mass is 32.1. The van der Waals surface area contributed by atoms with Gasteiger partial charge in [-0.1, -0.05) is 0 Å². The summed E-state index contributed by atoms with van der Waals surface area (Å²) < 4.78 is 6.38. The maximum atomic E-state index is 13.0. The molecule has 1 atom stereocenters. The molecule has 5 nitrogen and oxygen atoms in total. The van der Waals surface area contributed by atoms with Crippen molar-refractivity contribution in [2.24, 2.45) is 0 Å². The molecule has 4 rings (SSSR count). The molecule has 3 aromatic rings. The van der Waals surface area contributed by atoms with Gasteiger partial charge in [0.25, 0.3) is 0 Å². The van der Waals surface area contributed by atoms with Crippen LogP contribution in [0.1, 0.15) is 73.9 Å². The molecule has 0 fully saturated rings. The number of thiophene rings is 1. The second kappa shape index (κ2) is 8.80.